The molecule has 0 amide bonds. The molecule has 0 atom stereocenters. The van der Waals surface area contributed by atoms with Gasteiger partial charge in [-0.05, 0) is 25.0 Å². The Labute approximate surface area is 111 Å². The summed E-state index contributed by atoms with van der Waals surface area (Å²) in [5, 5.41) is 16.9. The average molecular weight is 259 g/mol. The lowest BCUT2D eigenvalue weighted by atomic mass is 10.1. The number of nitrogens with one attached hydrogen (secondary N) is 1. The Bertz CT molecular complexity index is 560. The fourth-order valence-corrected chi connectivity index (χ4v) is 2.29. The summed E-state index contributed by atoms with van der Waals surface area (Å²) < 4.78 is 0. The van der Waals surface area contributed by atoms with Crippen molar-refractivity contribution in [2.24, 2.45) is 5.73 Å². The van der Waals surface area contributed by atoms with Crippen LogP contribution in [-0.2, 0) is 0 Å². The average Bonchev–Trinajstić information content (AvgIpc) is 2.89. The number of aromatic amines is 1. The minimum Gasteiger partial charge on any atom is -0.507 e. The van der Waals surface area contributed by atoms with Gasteiger partial charge in [-0.1, -0.05) is 12.1 Å². The molecule has 1 aromatic heterocycles. The van der Waals surface area contributed by atoms with Gasteiger partial charge in [0.1, 0.15) is 5.75 Å². The molecular weight excluding hydrogens is 242 g/mol. The summed E-state index contributed by atoms with van der Waals surface area (Å²) in [6.07, 6.45) is 1.92. The molecule has 100 valence electrons. The normalized spacial score (nSPS) is 16.8. The number of phenols is 1. The number of anilines is 1. The van der Waals surface area contributed by atoms with Crippen LogP contribution in [0.5, 0.6) is 5.75 Å². The monoisotopic (exact) mass is 259 g/mol. The van der Waals surface area contributed by atoms with E-state index in [9.17, 15) is 5.11 Å². The number of aromatic nitrogens is 3. The number of hydrogen-bond donors (Lipinski definition) is 3. The summed E-state index contributed by atoms with van der Waals surface area (Å²) in [6, 6.07) is 7.37. The van der Waals surface area contributed by atoms with E-state index in [1.54, 1.807) is 12.1 Å². The van der Waals surface area contributed by atoms with Crippen LogP contribution in [0, 0.1) is 0 Å². The fraction of sp³-hybridized carbons (Fsp3) is 0.385. The number of benzene rings is 1. The van der Waals surface area contributed by atoms with Crippen LogP contribution in [0.4, 0.5) is 5.95 Å². The van der Waals surface area contributed by atoms with Gasteiger partial charge in [-0.2, -0.15) is 4.98 Å². The van der Waals surface area contributed by atoms with Crippen molar-refractivity contribution in [3.8, 4) is 17.1 Å². The Hall–Kier alpha value is -2.08. The number of nitrogens with zero attached hydrogens (tertiary/aromatic N) is 3. The van der Waals surface area contributed by atoms with Crippen LogP contribution < -0.4 is 10.6 Å². The van der Waals surface area contributed by atoms with Gasteiger partial charge < -0.3 is 15.7 Å². The third-order valence-corrected chi connectivity index (χ3v) is 3.46. The molecule has 1 saturated heterocycles. The first-order chi connectivity index (χ1) is 9.24. The van der Waals surface area contributed by atoms with E-state index in [4.69, 9.17) is 5.73 Å². The molecule has 0 unspecified atom stereocenters. The number of phenolic OH excluding ortho intramolecular Hbond substituents is 1. The lowest BCUT2D eigenvalue weighted by Crippen LogP contribution is -2.40. The summed E-state index contributed by atoms with van der Waals surface area (Å²) in [6.45, 7) is 1.75. The summed E-state index contributed by atoms with van der Waals surface area (Å²) in [5.41, 5.74) is 6.54. The maximum atomic E-state index is 9.80. The van der Waals surface area contributed by atoms with Gasteiger partial charge in [0.05, 0.1) is 5.56 Å². The van der Waals surface area contributed by atoms with Crippen molar-refractivity contribution in [2.45, 2.75) is 18.9 Å². The Morgan fingerprint density at radius 3 is 2.74 bits per heavy atom. The van der Waals surface area contributed by atoms with Crippen LogP contribution in [-0.4, -0.2) is 39.4 Å². The van der Waals surface area contributed by atoms with Crippen molar-refractivity contribution in [3.05, 3.63) is 24.3 Å². The summed E-state index contributed by atoms with van der Waals surface area (Å²) in [7, 11) is 0. The molecule has 1 aromatic carbocycles. The second-order valence-corrected chi connectivity index (χ2v) is 4.83. The minimum absolute atomic E-state index is 0.200. The zero-order valence-corrected chi connectivity index (χ0v) is 10.6. The summed E-state index contributed by atoms with van der Waals surface area (Å²) >= 11 is 0. The quantitative estimate of drug-likeness (QED) is 0.751. The van der Waals surface area contributed by atoms with Crippen molar-refractivity contribution in [1.29, 1.82) is 0 Å². The number of nitrogens with two attached hydrogens (primary N) is 1. The van der Waals surface area contributed by atoms with Crippen molar-refractivity contribution < 1.29 is 5.11 Å². The number of H-pyrrole nitrogens is 1. The number of aromatic hydroxyl groups is 1. The Morgan fingerprint density at radius 1 is 1.26 bits per heavy atom. The highest BCUT2D eigenvalue weighted by Crippen LogP contribution is 2.27. The highest BCUT2D eigenvalue weighted by atomic mass is 16.3. The van der Waals surface area contributed by atoms with Gasteiger partial charge in [0, 0.05) is 19.1 Å². The van der Waals surface area contributed by atoms with Crippen molar-refractivity contribution in [1.82, 2.24) is 15.2 Å². The molecule has 2 heterocycles. The SMILES string of the molecule is NC1CCN(c2n[nH]c(-c3ccccc3O)n2)CC1. The predicted octanol–water partition coefficient (Wildman–Crippen LogP) is 1.10. The van der Waals surface area contributed by atoms with E-state index in [0.29, 0.717) is 17.3 Å². The van der Waals surface area contributed by atoms with Crippen molar-refractivity contribution in [3.63, 3.8) is 0 Å². The second kappa shape index (κ2) is 4.89. The van der Waals surface area contributed by atoms with Crippen molar-refractivity contribution >= 4 is 5.95 Å². The van der Waals surface area contributed by atoms with Gasteiger partial charge in [-0.25, -0.2) is 0 Å². The van der Waals surface area contributed by atoms with Crippen LogP contribution in [0.2, 0.25) is 0 Å². The molecule has 19 heavy (non-hydrogen) atoms. The molecule has 3 rings (SSSR count). The molecule has 0 saturated carbocycles. The Balaban J connectivity index is 1.82. The first-order valence-corrected chi connectivity index (χ1v) is 6.45. The minimum atomic E-state index is 0.200. The van der Waals surface area contributed by atoms with Crippen LogP contribution in [0.25, 0.3) is 11.4 Å². The van der Waals surface area contributed by atoms with Crippen LogP contribution in [0.3, 0.4) is 0 Å². The molecule has 0 radical (unpaired) electrons. The predicted molar refractivity (Wildman–Crippen MR) is 72.9 cm³/mol. The second-order valence-electron chi connectivity index (χ2n) is 4.83. The van der Waals surface area contributed by atoms with Crippen LogP contribution >= 0.6 is 0 Å². The Kier molecular flexibility index (Phi) is 3.08. The molecule has 6 nitrogen and oxygen atoms in total. The third-order valence-electron chi connectivity index (χ3n) is 3.46. The maximum absolute atomic E-state index is 9.80. The first-order valence-electron chi connectivity index (χ1n) is 6.45. The molecule has 1 fully saturated rings. The molecule has 0 bridgehead atoms. The maximum Gasteiger partial charge on any atom is 0.245 e. The van der Waals surface area contributed by atoms with Gasteiger partial charge in [-0.15, -0.1) is 5.10 Å². The van der Waals surface area contributed by atoms with E-state index in [-0.39, 0.29) is 11.8 Å². The molecular formula is C13H17N5O. The zero-order chi connectivity index (χ0) is 13.2. The molecule has 4 N–H and O–H groups in total. The van der Waals surface area contributed by atoms with E-state index in [1.807, 2.05) is 12.1 Å². The molecule has 1 aliphatic rings. The molecule has 1 aliphatic heterocycles. The molecule has 0 aliphatic carbocycles. The van der Waals surface area contributed by atoms with E-state index >= 15 is 0 Å². The van der Waals surface area contributed by atoms with Gasteiger partial charge >= 0.3 is 0 Å². The summed E-state index contributed by atoms with van der Waals surface area (Å²) in [4.78, 5) is 6.56. The molecule has 6 heteroatoms. The van der Waals surface area contributed by atoms with Crippen LogP contribution in [0.15, 0.2) is 24.3 Å². The smallest absolute Gasteiger partial charge is 0.245 e. The number of hydrogen-bond acceptors (Lipinski definition) is 5. The topological polar surface area (TPSA) is 91.1 Å². The molecule has 0 spiro atoms. The largest absolute Gasteiger partial charge is 0.507 e. The Morgan fingerprint density at radius 2 is 2.00 bits per heavy atom. The summed E-state index contributed by atoms with van der Waals surface area (Å²) in [5.74, 6) is 1.46. The number of para-hydroxylation sites is 1. The number of rotatable bonds is 2. The third kappa shape index (κ3) is 2.39. The fourth-order valence-electron chi connectivity index (χ4n) is 2.29. The van der Waals surface area contributed by atoms with E-state index in [1.165, 1.54) is 0 Å². The first kappa shape index (κ1) is 12.0. The lowest BCUT2D eigenvalue weighted by molar-refractivity contribution is 0.477. The van der Waals surface area contributed by atoms with Crippen LogP contribution in [0.1, 0.15) is 12.8 Å². The van der Waals surface area contributed by atoms with Gasteiger partial charge in [0.2, 0.25) is 5.95 Å². The van der Waals surface area contributed by atoms with Gasteiger partial charge in [0.25, 0.3) is 0 Å². The standard InChI is InChI=1S/C13H17N5O/c14-9-5-7-18(8-6-9)13-15-12(16-17-13)10-3-1-2-4-11(10)19/h1-4,9,19H,5-8,14H2,(H,15,16,17). The number of piperidine rings is 1. The van der Waals surface area contributed by atoms with E-state index < -0.39 is 0 Å². The molecule has 2 aromatic rings. The van der Waals surface area contributed by atoms with Crippen molar-refractivity contribution in [2.75, 3.05) is 18.0 Å². The van der Waals surface area contributed by atoms with E-state index in [2.05, 4.69) is 20.1 Å². The lowest BCUT2D eigenvalue weighted by Gasteiger charge is -2.28. The van der Waals surface area contributed by atoms with E-state index in [0.717, 1.165) is 25.9 Å². The zero-order valence-electron chi connectivity index (χ0n) is 10.6. The van der Waals surface area contributed by atoms with Gasteiger partial charge in [0.15, 0.2) is 5.82 Å². The highest BCUT2D eigenvalue weighted by Gasteiger charge is 2.20. The highest BCUT2D eigenvalue weighted by molar-refractivity contribution is 5.64. The van der Waals surface area contributed by atoms with Gasteiger partial charge in [-0.3, -0.25) is 5.10 Å².